The van der Waals surface area contributed by atoms with E-state index in [1.165, 1.54) is 5.56 Å². The number of rotatable bonds is 6. The van der Waals surface area contributed by atoms with Crippen molar-refractivity contribution in [3.8, 4) is 5.75 Å². The standard InChI is InChI=1S/C17H27NO/c1-13(2)18-11-14(3)12-19-16-10-8-7-9-15(16)17(4,5)6/h7-10,13,18H,3,11-12H2,1-2,4-6H3. The number of benzene rings is 1. The van der Waals surface area contributed by atoms with Gasteiger partial charge in [0.1, 0.15) is 12.4 Å². The first-order chi connectivity index (χ1) is 8.80. The van der Waals surface area contributed by atoms with Crippen LogP contribution in [-0.2, 0) is 5.41 Å². The largest absolute Gasteiger partial charge is 0.489 e. The summed E-state index contributed by atoms with van der Waals surface area (Å²) < 4.78 is 5.92. The molecule has 0 fully saturated rings. The molecule has 1 aromatic carbocycles. The Balaban J connectivity index is 2.61. The van der Waals surface area contributed by atoms with Gasteiger partial charge in [0.2, 0.25) is 0 Å². The molecule has 0 heterocycles. The maximum atomic E-state index is 5.92. The maximum Gasteiger partial charge on any atom is 0.123 e. The van der Waals surface area contributed by atoms with E-state index >= 15 is 0 Å². The Hall–Kier alpha value is -1.28. The molecule has 2 heteroatoms. The van der Waals surface area contributed by atoms with Crippen molar-refractivity contribution < 1.29 is 4.74 Å². The summed E-state index contributed by atoms with van der Waals surface area (Å²) in [6.07, 6.45) is 0. The Kier molecular flexibility index (Phi) is 5.61. The molecule has 106 valence electrons. The first-order valence-electron chi connectivity index (χ1n) is 6.93. The minimum atomic E-state index is 0.0914. The molecule has 0 aliphatic heterocycles. The summed E-state index contributed by atoms with van der Waals surface area (Å²) in [7, 11) is 0. The fourth-order valence-electron chi connectivity index (χ4n) is 1.79. The quantitative estimate of drug-likeness (QED) is 0.784. The van der Waals surface area contributed by atoms with E-state index in [2.05, 4.69) is 58.6 Å². The van der Waals surface area contributed by atoms with Crippen molar-refractivity contribution in [1.29, 1.82) is 0 Å². The lowest BCUT2D eigenvalue weighted by Gasteiger charge is -2.23. The first-order valence-corrected chi connectivity index (χ1v) is 6.93. The predicted molar refractivity (Wildman–Crippen MR) is 82.9 cm³/mol. The van der Waals surface area contributed by atoms with Gasteiger partial charge in [-0.05, 0) is 22.6 Å². The van der Waals surface area contributed by atoms with E-state index in [4.69, 9.17) is 4.74 Å². The molecule has 0 radical (unpaired) electrons. The maximum absolute atomic E-state index is 5.92. The zero-order chi connectivity index (χ0) is 14.5. The predicted octanol–water partition coefficient (Wildman–Crippen LogP) is 3.92. The number of nitrogens with one attached hydrogen (secondary N) is 1. The van der Waals surface area contributed by atoms with E-state index in [1.54, 1.807) is 0 Å². The van der Waals surface area contributed by atoms with Crippen molar-refractivity contribution in [3.63, 3.8) is 0 Å². The lowest BCUT2D eigenvalue weighted by Crippen LogP contribution is -2.26. The topological polar surface area (TPSA) is 21.3 Å². The number of hydrogen-bond acceptors (Lipinski definition) is 2. The molecule has 1 N–H and O–H groups in total. The second-order valence-electron chi connectivity index (χ2n) is 6.32. The van der Waals surface area contributed by atoms with E-state index < -0.39 is 0 Å². The van der Waals surface area contributed by atoms with Gasteiger partial charge in [-0.1, -0.05) is 59.4 Å². The number of ether oxygens (including phenoxy) is 1. The molecule has 1 aromatic rings. The highest BCUT2D eigenvalue weighted by molar-refractivity contribution is 5.38. The second-order valence-corrected chi connectivity index (χ2v) is 6.32. The summed E-state index contributed by atoms with van der Waals surface area (Å²) in [6, 6.07) is 8.70. The average Bonchev–Trinajstić information content (AvgIpc) is 2.33. The van der Waals surface area contributed by atoms with Crippen molar-refractivity contribution in [3.05, 3.63) is 42.0 Å². The number of hydrogen-bond donors (Lipinski definition) is 1. The van der Waals surface area contributed by atoms with Crippen LogP contribution in [0.5, 0.6) is 5.75 Å². The molecule has 0 bridgehead atoms. The van der Waals surface area contributed by atoms with Gasteiger partial charge in [0.15, 0.2) is 0 Å². The lowest BCUT2D eigenvalue weighted by atomic mass is 9.86. The molecule has 2 nitrogen and oxygen atoms in total. The van der Waals surface area contributed by atoms with Crippen LogP contribution in [0.4, 0.5) is 0 Å². The summed E-state index contributed by atoms with van der Waals surface area (Å²) in [5.41, 5.74) is 2.39. The normalized spacial score (nSPS) is 11.7. The molecule has 0 saturated carbocycles. The summed E-state index contributed by atoms with van der Waals surface area (Å²) >= 11 is 0. The van der Waals surface area contributed by atoms with Crippen LogP contribution in [0.25, 0.3) is 0 Å². The van der Waals surface area contributed by atoms with Crippen LogP contribution >= 0.6 is 0 Å². The number of para-hydroxylation sites is 1. The molecule has 0 aliphatic rings. The molecule has 0 spiro atoms. The first kappa shape index (κ1) is 15.8. The van der Waals surface area contributed by atoms with Crippen molar-refractivity contribution in [1.82, 2.24) is 5.32 Å². The smallest absolute Gasteiger partial charge is 0.123 e. The van der Waals surface area contributed by atoms with Crippen molar-refractivity contribution >= 4 is 0 Å². The van der Waals surface area contributed by atoms with Crippen molar-refractivity contribution in [2.24, 2.45) is 0 Å². The van der Waals surface area contributed by atoms with Crippen LogP contribution < -0.4 is 10.1 Å². The van der Waals surface area contributed by atoms with Gasteiger partial charge in [0.25, 0.3) is 0 Å². The highest BCUT2D eigenvalue weighted by Crippen LogP contribution is 2.30. The Morgan fingerprint density at radius 1 is 1.26 bits per heavy atom. The monoisotopic (exact) mass is 261 g/mol. The zero-order valence-electron chi connectivity index (χ0n) is 12.9. The SMILES string of the molecule is C=C(CNC(C)C)COc1ccccc1C(C)(C)C. The highest BCUT2D eigenvalue weighted by atomic mass is 16.5. The molecule has 0 atom stereocenters. The van der Waals surface area contributed by atoms with Gasteiger partial charge in [-0.15, -0.1) is 0 Å². The summed E-state index contributed by atoms with van der Waals surface area (Å²) in [4.78, 5) is 0. The summed E-state index contributed by atoms with van der Waals surface area (Å²) in [5, 5.41) is 3.35. The third kappa shape index (κ3) is 5.48. The fourth-order valence-corrected chi connectivity index (χ4v) is 1.79. The van der Waals surface area contributed by atoms with E-state index in [-0.39, 0.29) is 5.41 Å². The average molecular weight is 261 g/mol. The van der Waals surface area contributed by atoms with Gasteiger partial charge in [-0.25, -0.2) is 0 Å². The molecule has 1 rings (SSSR count). The molecule has 19 heavy (non-hydrogen) atoms. The minimum Gasteiger partial charge on any atom is -0.489 e. The zero-order valence-corrected chi connectivity index (χ0v) is 12.9. The van der Waals surface area contributed by atoms with Crippen LogP contribution in [-0.4, -0.2) is 19.2 Å². The highest BCUT2D eigenvalue weighted by Gasteiger charge is 2.18. The Morgan fingerprint density at radius 3 is 2.47 bits per heavy atom. The third-order valence-electron chi connectivity index (χ3n) is 2.89. The Labute approximate surface area is 117 Å². The minimum absolute atomic E-state index is 0.0914. The summed E-state index contributed by atoms with van der Waals surface area (Å²) in [5.74, 6) is 0.959. The van der Waals surface area contributed by atoms with Gasteiger partial charge in [0.05, 0.1) is 0 Å². The van der Waals surface area contributed by atoms with Crippen LogP contribution in [0.3, 0.4) is 0 Å². The molecule has 0 unspecified atom stereocenters. The second kappa shape index (κ2) is 6.76. The van der Waals surface area contributed by atoms with Gasteiger partial charge in [-0.2, -0.15) is 0 Å². The van der Waals surface area contributed by atoms with E-state index in [0.29, 0.717) is 12.6 Å². The van der Waals surface area contributed by atoms with Crippen molar-refractivity contribution in [2.45, 2.75) is 46.1 Å². The summed E-state index contributed by atoms with van der Waals surface area (Å²) in [6.45, 7) is 16.3. The molecular weight excluding hydrogens is 234 g/mol. The van der Waals surface area contributed by atoms with Gasteiger partial charge in [-0.3, -0.25) is 0 Å². The van der Waals surface area contributed by atoms with Crippen LogP contribution in [0.15, 0.2) is 36.4 Å². The Bertz CT molecular complexity index is 416. The van der Waals surface area contributed by atoms with E-state index in [0.717, 1.165) is 17.9 Å². The fraction of sp³-hybridized carbons (Fsp3) is 0.529. The molecule has 0 aliphatic carbocycles. The van der Waals surface area contributed by atoms with E-state index in [9.17, 15) is 0 Å². The van der Waals surface area contributed by atoms with Gasteiger partial charge >= 0.3 is 0 Å². The Morgan fingerprint density at radius 2 is 1.89 bits per heavy atom. The van der Waals surface area contributed by atoms with Crippen LogP contribution in [0.2, 0.25) is 0 Å². The van der Waals surface area contributed by atoms with Gasteiger partial charge < -0.3 is 10.1 Å². The molecule has 0 saturated heterocycles. The van der Waals surface area contributed by atoms with Crippen molar-refractivity contribution in [2.75, 3.05) is 13.2 Å². The van der Waals surface area contributed by atoms with Crippen LogP contribution in [0.1, 0.15) is 40.2 Å². The molecule has 0 aromatic heterocycles. The van der Waals surface area contributed by atoms with Crippen LogP contribution in [0, 0.1) is 0 Å². The lowest BCUT2D eigenvalue weighted by molar-refractivity contribution is 0.336. The van der Waals surface area contributed by atoms with E-state index in [1.807, 2.05) is 12.1 Å². The van der Waals surface area contributed by atoms with Gasteiger partial charge in [0, 0.05) is 12.6 Å². The third-order valence-corrected chi connectivity index (χ3v) is 2.89. The molecular formula is C17H27NO. The molecule has 0 amide bonds.